The Bertz CT molecular complexity index is 867. The Morgan fingerprint density at radius 3 is 2.76 bits per heavy atom. The molecule has 0 saturated heterocycles. The lowest BCUT2D eigenvalue weighted by molar-refractivity contribution is -0.146. The predicted octanol–water partition coefficient (Wildman–Crippen LogP) is 4.35. The van der Waals surface area contributed by atoms with Crippen LogP contribution in [0.25, 0.3) is 11.5 Å². The summed E-state index contributed by atoms with van der Waals surface area (Å²) < 4.78 is 43.2. The maximum Gasteiger partial charge on any atom is 0.455 e. The van der Waals surface area contributed by atoms with Crippen LogP contribution in [0.15, 0.2) is 16.2 Å². The van der Waals surface area contributed by atoms with Gasteiger partial charge in [0, 0.05) is 10.5 Å². The molecule has 5 nitrogen and oxygen atoms in total. The molecule has 25 heavy (non-hydrogen) atoms. The van der Waals surface area contributed by atoms with Crippen LogP contribution < -0.4 is 5.32 Å². The van der Waals surface area contributed by atoms with Crippen molar-refractivity contribution in [1.82, 2.24) is 10.1 Å². The Kier molecular flexibility index (Phi) is 3.90. The number of rotatable bonds is 3. The Morgan fingerprint density at radius 2 is 2.08 bits per heavy atom. The van der Waals surface area contributed by atoms with Crippen molar-refractivity contribution in [3.05, 3.63) is 27.9 Å². The molecular formula is C16H14F3N3O2S. The molecule has 0 atom stereocenters. The van der Waals surface area contributed by atoms with Crippen molar-refractivity contribution in [2.45, 2.75) is 44.7 Å². The fourth-order valence-corrected chi connectivity index (χ4v) is 4.50. The number of anilines is 1. The van der Waals surface area contributed by atoms with Gasteiger partial charge in [0.15, 0.2) is 0 Å². The summed E-state index contributed by atoms with van der Waals surface area (Å²) in [6.07, 6.45) is 2.24. The second kappa shape index (κ2) is 5.98. The number of thiophene rings is 1. The third kappa shape index (κ3) is 2.97. The minimum Gasteiger partial charge on any atom is -0.334 e. The topological polar surface area (TPSA) is 68.0 Å². The zero-order chi connectivity index (χ0) is 17.6. The molecule has 0 aromatic carbocycles. The van der Waals surface area contributed by atoms with E-state index in [9.17, 15) is 18.0 Å². The summed E-state index contributed by atoms with van der Waals surface area (Å²) in [7, 11) is 0. The molecule has 2 aliphatic rings. The molecule has 0 unspecified atom stereocenters. The highest BCUT2D eigenvalue weighted by Crippen LogP contribution is 2.45. The van der Waals surface area contributed by atoms with E-state index in [1.165, 1.54) is 11.3 Å². The molecule has 0 fully saturated rings. The van der Waals surface area contributed by atoms with E-state index in [-0.39, 0.29) is 11.8 Å². The third-order valence-electron chi connectivity index (χ3n) is 4.37. The number of carbonyl (C=O) groups is 1. The van der Waals surface area contributed by atoms with Gasteiger partial charge in [0.1, 0.15) is 5.00 Å². The smallest absolute Gasteiger partial charge is 0.334 e. The fourth-order valence-electron chi connectivity index (χ4n) is 3.22. The van der Waals surface area contributed by atoms with Crippen LogP contribution in [-0.2, 0) is 23.8 Å². The van der Waals surface area contributed by atoms with Crippen LogP contribution in [0.1, 0.15) is 41.9 Å². The maximum atomic E-state index is 12.8. The van der Waals surface area contributed by atoms with Gasteiger partial charge in [-0.3, -0.25) is 4.79 Å². The first kappa shape index (κ1) is 16.3. The minimum atomic E-state index is -4.67. The standard InChI is InChI=1S/C16H14F3N3O2S/c17-16(18,19)15-21-13(24-22-15)11-9-6-3-7-10(9)25-14(11)20-12(23)8-4-1-2-5-8/h4H,1-3,5-7H2,(H,20,23). The van der Waals surface area contributed by atoms with Gasteiger partial charge >= 0.3 is 6.18 Å². The number of fused-ring (bicyclic) bond motifs is 1. The normalized spacial score (nSPS) is 16.8. The molecule has 0 saturated carbocycles. The zero-order valence-corrected chi connectivity index (χ0v) is 13.9. The van der Waals surface area contributed by atoms with Gasteiger partial charge in [-0.1, -0.05) is 11.2 Å². The zero-order valence-electron chi connectivity index (χ0n) is 13.1. The van der Waals surface area contributed by atoms with Gasteiger partial charge in [0.2, 0.25) is 0 Å². The van der Waals surface area contributed by atoms with Gasteiger partial charge in [-0.05, 0) is 44.1 Å². The summed E-state index contributed by atoms with van der Waals surface area (Å²) in [5, 5.41) is 6.35. The van der Waals surface area contributed by atoms with E-state index in [1.54, 1.807) is 0 Å². The number of halogens is 3. The number of aryl methyl sites for hydroxylation is 1. The molecule has 0 bridgehead atoms. The van der Waals surface area contributed by atoms with Crippen molar-refractivity contribution in [3.8, 4) is 11.5 Å². The SMILES string of the molecule is O=C(Nc1sc2c(c1-c1nc(C(F)(F)F)no1)CCC2)C1=CCCC1. The monoisotopic (exact) mass is 369 g/mol. The Hall–Kier alpha value is -2.16. The maximum absolute atomic E-state index is 12.8. The number of nitrogens with one attached hydrogen (secondary N) is 1. The van der Waals surface area contributed by atoms with Gasteiger partial charge in [-0.15, -0.1) is 11.3 Å². The lowest BCUT2D eigenvalue weighted by atomic mass is 10.1. The van der Waals surface area contributed by atoms with Crippen molar-refractivity contribution in [2.75, 3.05) is 5.32 Å². The lowest BCUT2D eigenvalue weighted by Crippen LogP contribution is -2.13. The van der Waals surface area contributed by atoms with E-state index >= 15 is 0 Å². The fraction of sp³-hybridized carbons (Fsp3) is 0.438. The Balaban J connectivity index is 1.71. The highest BCUT2D eigenvalue weighted by atomic mass is 32.1. The van der Waals surface area contributed by atoms with E-state index in [2.05, 4.69) is 15.5 Å². The van der Waals surface area contributed by atoms with Crippen LogP contribution in [0.5, 0.6) is 0 Å². The number of allylic oxidation sites excluding steroid dienone is 1. The van der Waals surface area contributed by atoms with Crippen LogP contribution in [-0.4, -0.2) is 16.0 Å². The van der Waals surface area contributed by atoms with Crippen LogP contribution >= 0.6 is 11.3 Å². The predicted molar refractivity (Wildman–Crippen MR) is 85.2 cm³/mol. The number of alkyl halides is 3. The van der Waals surface area contributed by atoms with E-state index in [0.717, 1.165) is 42.5 Å². The van der Waals surface area contributed by atoms with Crippen molar-refractivity contribution < 1.29 is 22.5 Å². The largest absolute Gasteiger partial charge is 0.455 e. The molecule has 4 rings (SSSR count). The highest BCUT2D eigenvalue weighted by Gasteiger charge is 2.38. The molecule has 9 heteroatoms. The van der Waals surface area contributed by atoms with Gasteiger partial charge in [0.25, 0.3) is 17.6 Å². The van der Waals surface area contributed by atoms with Gasteiger partial charge < -0.3 is 9.84 Å². The summed E-state index contributed by atoms with van der Waals surface area (Å²) >= 11 is 1.38. The summed E-state index contributed by atoms with van der Waals surface area (Å²) in [5.74, 6) is -1.71. The van der Waals surface area contributed by atoms with E-state index in [0.29, 0.717) is 22.6 Å². The number of carbonyl (C=O) groups excluding carboxylic acids is 1. The summed E-state index contributed by atoms with van der Waals surface area (Å²) in [5.41, 5.74) is 2.05. The molecule has 2 aromatic rings. The number of amides is 1. The average molecular weight is 369 g/mol. The van der Waals surface area contributed by atoms with E-state index in [4.69, 9.17) is 4.52 Å². The molecule has 2 aliphatic carbocycles. The van der Waals surface area contributed by atoms with Gasteiger partial charge in [-0.25, -0.2) is 0 Å². The summed E-state index contributed by atoms with van der Waals surface area (Å²) in [6.45, 7) is 0. The highest BCUT2D eigenvalue weighted by molar-refractivity contribution is 7.17. The van der Waals surface area contributed by atoms with Crippen LogP contribution in [0.2, 0.25) is 0 Å². The van der Waals surface area contributed by atoms with Crippen molar-refractivity contribution in [3.63, 3.8) is 0 Å². The average Bonchev–Trinajstić information content (AvgIpc) is 3.30. The van der Waals surface area contributed by atoms with Gasteiger partial charge in [0.05, 0.1) is 5.56 Å². The number of nitrogens with zero attached hydrogens (tertiary/aromatic N) is 2. The number of aromatic nitrogens is 2. The molecule has 0 spiro atoms. The van der Waals surface area contributed by atoms with E-state index < -0.39 is 12.0 Å². The first-order chi connectivity index (χ1) is 11.9. The molecular weight excluding hydrogens is 355 g/mol. The van der Waals surface area contributed by atoms with Crippen LogP contribution in [0.3, 0.4) is 0 Å². The second-order valence-corrected chi connectivity index (χ2v) is 7.16. The summed E-state index contributed by atoms with van der Waals surface area (Å²) in [4.78, 5) is 16.9. The molecule has 1 amide bonds. The van der Waals surface area contributed by atoms with Crippen molar-refractivity contribution in [1.29, 1.82) is 0 Å². The lowest BCUT2D eigenvalue weighted by Gasteiger charge is -2.06. The van der Waals surface area contributed by atoms with Crippen molar-refractivity contribution >= 4 is 22.2 Å². The number of hydrogen-bond acceptors (Lipinski definition) is 5. The Labute approximate surface area is 144 Å². The first-order valence-electron chi connectivity index (χ1n) is 7.99. The molecule has 0 radical (unpaired) electrons. The molecule has 132 valence electrons. The van der Waals surface area contributed by atoms with Crippen LogP contribution in [0.4, 0.5) is 18.2 Å². The third-order valence-corrected chi connectivity index (χ3v) is 5.58. The Morgan fingerprint density at radius 1 is 1.24 bits per heavy atom. The second-order valence-electron chi connectivity index (χ2n) is 6.06. The number of hydrogen-bond donors (Lipinski definition) is 1. The quantitative estimate of drug-likeness (QED) is 0.873. The minimum absolute atomic E-state index is 0.192. The van der Waals surface area contributed by atoms with E-state index in [1.807, 2.05) is 6.08 Å². The van der Waals surface area contributed by atoms with Crippen molar-refractivity contribution in [2.24, 2.45) is 0 Å². The molecule has 2 aromatic heterocycles. The first-order valence-corrected chi connectivity index (χ1v) is 8.81. The molecule has 2 heterocycles. The summed E-state index contributed by atoms with van der Waals surface area (Å²) in [6, 6.07) is 0. The van der Waals surface area contributed by atoms with Gasteiger partial charge in [-0.2, -0.15) is 18.2 Å². The van der Waals surface area contributed by atoms with Crippen LogP contribution in [0, 0.1) is 0 Å². The molecule has 0 aliphatic heterocycles. The molecule has 1 N–H and O–H groups in total.